The van der Waals surface area contributed by atoms with Gasteiger partial charge in [-0.15, -0.1) is 0 Å². The molecule has 4 aromatic rings. The number of hydrogen-bond acceptors (Lipinski definition) is 8. The van der Waals surface area contributed by atoms with Gasteiger partial charge in [0, 0.05) is 49.4 Å². The van der Waals surface area contributed by atoms with E-state index in [1.165, 1.54) is 24.3 Å². The van der Waals surface area contributed by atoms with Crippen molar-refractivity contribution in [1.29, 1.82) is 0 Å². The molecule has 2 aromatic carbocycles. The van der Waals surface area contributed by atoms with E-state index < -0.39 is 32.6 Å². The Morgan fingerprint density at radius 1 is 1.03 bits per heavy atom. The average molecular weight is 557 g/mol. The highest BCUT2D eigenvalue weighted by Crippen LogP contribution is 2.34. The molecule has 39 heavy (non-hydrogen) atoms. The lowest BCUT2D eigenvalue weighted by Crippen LogP contribution is -2.48. The molecule has 11 nitrogen and oxygen atoms in total. The van der Waals surface area contributed by atoms with E-state index in [1.807, 2.05) is 11.0 Å². The number of nitrogens with zero attached hydrogens (tertiary/aromatic N) is 5. The molecule has 1 aliphatic rings. The van der Waals surface area contributed by atoms with Gasteiger partial charge in [-0.1, -0.05) is 6.07 Å². The van der Waals surface area contributed by atoms with Gasteiger partial charge in [0.2, 0.25) is 5.88 Å². The Bertz CT molecular complexity index is 1680. The summed E-state index contributed by atoms with van der Waals surface area (Å²) in [5, 5.41) is 18.3. The zero-order valence-electron chi connectivity index (χ0n) is 20.5. The smallest absolute Gasteiger partial charge is 0.407 e. The number of sulfonamides is 1. The van der Waals surface area contributed by atoms with Crippen molar-refractivity contribution in [2.75, 3.05) is 42.9 Å². The van der Waals surface area contributed by atoms with E-state index in [-0.39, 0.29) is 11.6 Å². The largest absolute Gasteiger partial charge is 0.480 e. The van der Waals surface area contributed by atoms with Crippen molar-refractivity contribution in [3.8, 4) is 17.0 Å². The molecule has 1 amide bonds. The summed E-state index contributed by atoms with van der Waals surface area (Å²) in [4.78, 5) is 18.1. The van der Waals surface area contributed by atoms with Crippen molar-refractivity contribution in [2.24, 2.45) is 0 Å². The summed E-state index contributed by atoms with van der Waals surface area (Å²) >= 11 is 0. The number of rotatable bonds is 6. The molecule has 202 valence electrons. The highest BCUT2D eigenvalue weighted by molar-refractivity contribution is 7.92. The Kier molecular flexibility index (Phi) is 6.87. The Balaban J connectivity index is 1.50. The molecule has 1 saturated heterocycles. The summed E-state index contributed by atoms with van der Waals surface area (Å²) < 4.78 is 60.8. The van der Waals surface area contributed by atoms with Gasteiger partial charge in [0.05, 0.1) is 24.5 Å². The van der Waals surface area contributed by atoms with Gasteiger partial charge in [-0.2, -0.15) is 10.2 Å². The Morgan fingerprint density at radius 3 is 2.49 bits per heavy atom. The summed E-state index contributed by atoms with van der Waals surface area (Å²) in [5.41, 5.74) is 2.54. The quantitative estimate of drug-likeness (QED) is 0.365. The van der Waals surface area contributed by atoms with Gasteiger partial charge in [-0.05, 0) is 35.9 Å². The van der Waals surface area contributed by atoms with Crippen LogP contribution in [0.25, 0.3) is 22.0 Å². The molecule has 1 fully saturated rings. The maximum absolute atomic E-state index is 14.2. The molecule has 5 rings (SSSR count). The second-order valence-electron chi connectivity index (χ2n) is 8.68. The molecule has 14 heteroatoms. The van der Waals surface area contributed by atoms with Gasteiger partial charge in [-0.25, -0.2) is 27.0 Å². The van der Waals surface area contributed by atoms with Crippen molar-refractivity contribution in [3.05, 3.63) is 66.5 Å². The number of methoxy groups -OCH3 is 1. The minimum atomic E-state index is -4.44. The number of carbonyl (C=O) groups is 1. The van der Waals surface area contributed by atoms with E-state index in [9.17, 15) is 27.1 Å². The molecule has 2 N–H and O–H groups in total. The molecule has 0 radical (unpaired) electrons. The fourth-order valence-electron chi connectivity index (χ4n) is 4.35. The fraction of sp³-hybridized carbons (Fsp3) is 0.200. The van der Waals surface area contributed by atoms with E-state index in [2.05, 4.69) is 19.9 Å². The zero-order valence-corrected chi connectivity index (χ0v) is 21.3. The highest BCUT2D eigenvalue weighted by atomic mass is 32.2. The zero-order chi connectivity index (χ0) is 27.7. The van der Waals surface area contributed by atoms with Gasteiger partial charge in [0.1, 0.15) is 22.2 Å². The Labute approximate surface area is 221 Å². The number of halogens is 2. The molecule has 3 heterocycles. The minimum Gasteiger partial charge on any atom is -0.480 e. The number of anilines is 2. The highest BCUT2D eigenvalue weighted by Gasteiger charge is 2.24. The molecular formula is C25H22F2N6O5S. The molecule has 2 aromatic heterocycles. The first-order valence-electron chi connectivity index (χ1n) is 11.7. The number of carboxylic acid groups (broad SMARTS) is 1. The molecule has 0 bridgehead atoms. The van der Waals surface area contributed by atoms with Crippen molar-refractivity contribution in [3.63, 3.8) is 0 Å². The summed E-state index contributed by atoms with van der Waals surface area (Å²) in [6.07, 6.45) is 2.15. The predicted octanol–water partition coefficient (Wildman–Crippen LogP) is 3.58. The number of pyridine rings is 1. The minimum absolute atomic E-state index is 0.0447. The second-order valence-corrected chi connectivity index (χ2v) is 10.3. The number of fused-ring (bicyclic) bond motifs is 1. The summed E-state index contributed by atoms with van der Waals surface area (Å²) in [6.45, 7) is 1.65. The summed E-state index contributed by atoms with van der Waals surface area (Å²) in [7, 11) is -3.13. The third-order valence-electron chi connectivity index (χ3n) is 6.31. The lowest BCUT2D eigenvalue weighted by Gasteiger charge is -2.34. The molecule has 0 aliphatic carbocycles. The van der Waals surface area contributed by atoms with Crippen LogP contribution in [-0.4, -0.2) is 73.0 Å². The van der Waals surface area contributed by atoms with Crippen molar-refractivity contribution >= 4 is 38.4 Å². The van der Waals surface area contributed by atoms with Crippen molar-refractivity contribution in [1.82, 2.24) is 20.1 Å². The maximum atomic E-state index is 14.2. The van der Waals surface area contributed by atoms with Crippen molar-refractivity contribution in [2.45, 2.75) is 4.90 Å². The third kappa shape index (κ3) is 5.23. The first-order valence-corrected chi connectivity index (χ1v) is 13.1. The number of nitrogens with one attached hydrogen (secondary N) is 1. The van der Waals surface area contributed by atoms with Crippen LogP contribution in [0.5, 0.6) is 5.88 Å². The number of aromatic nitrogens is 3. The Hall–Kier alpha value is -4.59. The van der Waals surface area contributed by atoms with Gasteiger partial charge in [0.25, 0.3) is 10.0 Å². The molecule has 0 saturated carbocycles. The fourth-order valence-corrected chi connectivity index (χ4v) is 5.46. The molecule has 0 atom stereocenters. The van der Waals surface area contributed by atoms with Crippen LogP contribution in [0.3, 0.4) is 0 Å². The molecule has 0 unspecified atom stereocenters. The van der Waals surface area contributed by atoms with Crippen LogP contribution in [0.2, 0.25) is 0 Å². The van der Waals surface area contributed by atoms with E-state index >= 15 is 0 Å². The maximum Gasteiger partial charge on any atom is 0.407 e. The second kappa shape index (κ2) is 10.3. The van der Waals surface area contributed by atoms with Crippen LogP contribution in [0.1, 0.15) is 0 Å². The summed E-state index contributed by atoms with van der Waals surface area (Å²) in [5.74, 6) is -2.19. The van der Waals surface area contributed by atoms with E-state index in [0.717, 1.165) is 23.2 Å². The lowest BCUT2D eigenvalue weighted by molar-refractivity contribution is 0.142. The van der Waals surface area contributed by atoms with Gasteiger partial charge >= 0.3 is 6.09 Å². The van der Waals surface area contributed by atoms with Gasteiger partial charge in [-0.3, -0.25) is 4.72 Å². The van der Waals surface area contributed by atoms with Crippen LogP contribution in [-0.2, 0) is 10.0 Å². The van der Waals surface area contributed by atoms with E-state index in [0.29, 0.717) is 48.9 Å². The number of benzene rings is 2. The number of amides is 1. The first-order chi connectivity index (χ1) is 18.7. The van der Waals surface area contributed by atoms with E-state index in [4.69, 9.17) is 4.74 Å². The number of piperazine rings is 1. The van der Waals surface area contributed by atoms with Crippen LogP contribution in [0.15, 0.2) is 59.8 Å². The van der Waals surface area contributed by atoms with Gasteiger partial charge < -0.3 is 19.6 Å². The monoisotopic (exact) mass is 556 g/mol. The first kappa shape index (κ1) is 26.0. The number of hydrogen-bond donors (Lipinski definition) is 2. The molecular weight excluding hydrogens is 534 g/mol. The summed E-state index contributed by atoms with van der Waals surface area (Å²) in [6, 6.07) is 9.04. The van der Waals surface area contributed by atoms with Crippen LogP contribution < -0.4 is 14.4 Å². The van der Waals surface area contributed by atoms with Crippen molar-refractivity contribution < 1.29 is 31.8 Å². The van der Waals surface area contributed by atoms with Crippen LogP contribution in [0, 0.1) is 11.6 Å². The SMILES string of the molecule is COc1ncc(-c2ccc3nncc(N4CCN(C(=O)O)CC4)c3c2)cc1NS(=O)(=O)c1ccc(F)cc1F. The topological polar surface area (TPSA) is 138 Å². The number of ether oxygens (including phenoxy) is 1. The normalized spacial score (nSPS) is 13.9. The van der Waals surface area contributed by atoms with Crippen LogP contribution >= 0.6 is 0 Å². The standard InChI is InChI=1S/C25H22F2N6O5S/c1-38-24-21(31-39(36,37)23-5-3-17(26)12-19(23)27)11-16(13-28-24)15-2-4-20-18(10-15)22(14-29-30-20)32-6-8-33(9-7-32)25(34)35/h2-5,10-14,31H,6-9H2,1H3,(H,34,35). The van der Waals surface area contributed by atoms with Gasteiger partial charge in [0.15, 0.2) is 0 Å². The third-order valence-corrected chi connectivity index (χ3v) is 7.71. The van der Waals surface area contributed by atoms with E-state index in [1.54, 1.807) is 18.3 Å². The Morgan fingerprint density at radius 2 is 1.79 bits per heavy atom. The average Bonchev–Trinajstić information content (AvgIpc) is 2.92. The lowest BCUT2D eigenvalue weighted by atomic mass is 10.0. The molecule has 0 spiro atoms. The van der Waals surface area contributed by atoms with Crippen LogP contribution in [0.4, 0.5) is 25.0 Å². The predicted molar refractivity (Wildman–Crippen MR) is 138 cm³/mol. The molecule has 1 aliphatic heterocycles.